The molecule has 0 atom stereocenters. The van der Waals surface area contributed by atoms with Crippen LogP contribution in [0.15, 0.2) is 22.7 Å². The quantitative estimate of drug-likeness (QED) is 0.810. The number of benzene rings is 1. The van der Waals surface area contributed by atoms with Gasteiger partial charge in [-0.05, 0) is 71.9 Å². The van der Waals surface area contributed by atoms with Gasteiger partial charge < -0.3 is 11.1 Å². The molecule has 0 amide bonds. The first-order valence-corrected chi connectivity index (χ1v) is 6.29. The molecule has 0 saturated carbocycles. The molecule has 1 aliphatic heterocycles. The Morgan fingerprint density at radius 1 is 1.33 bits per heavy atom. The van der Waals surface area contributed by atoms with Crippen LogP contribution in [-0.4, -0.2) is 13.1 Å². The Kier molecular flexibility index (Phi) is 3.65. The summed E-state index contributed by atoms with van der Waals surface area (Å²) in [7, 11) is 0. The van der Waals surface area contributed by atoms with Crippen molar-refractivity contribution in [2.45, 2.75) is 19.3 Å². The van der Waals surface area contributed by atoms with E-state index in [-0.39, 0.29) is 0 Å². The van der Waals surface area contributed by atoms with Crippen LogP contribution in [0.3, 0.4) is 0 Å². The minimum absolute atomic E-state index is 0.823. The molecule has 0 radical (unpaired) electrons. The van der Waals surface area contributed by atoms with Crippen molar-refractivity contribution < 1.29 is 0 Å². The van der Waals surface area contributed by atoms with E-state index in [4.69, 9.17) is 5.73 Å². The Labute approximate surface area is 99.4 Å². The number of nitrogens with one attached hydrogen (secondary N) is 1. The normalized spacial score (nSPS) is 17.9. The van der Waals surface area contributed by atoms with E-state index >= 15 is 0 Å². The van der Waals surface area contributed by atoms with Gasteiger partial charge in [0.25, 0.3) is 0 Å². The molecule has 2 nitrogen and oxygen atoms in total. The Morgan fingerprint density at radius 2 is 2.07 bits per heavy atom. The van der Waals surface area contributed by atoms with E-state index in [1.54, 1.807) is 0 Å². The fourth-order valence-corrected chi connectivity index (χ4v) is 2.54. The number of anilines is 1. The lowest BCUT2D eigenvalue weighted by Crippen LogP contribution is -2.28. The van der Waals surface area contributed by atoms with E-state index in [2.05, 4.69) is 33.4 Å². The van der Waals surface area contributed by atoms with Crippen molar-refractivity contribution in [1.82, 2.24) is 5.32 Å². The molecule has 2 rings (SSSR count). The summed E-state index contributed by atoms with van der Waals surface area (Å²) in [6.07, 6.45) is 3.77. The van der Waals surface area contributed by atoms with Gasteiger partial charge in [0, 0.05) is 10.2 Å². The smallest absolute Gasteiger partial charge is 0.0458 e. The highest BCUT2D eigenvalue weighted by atomic mass is 79.9. The topological polar surface area (TPSA) is 38.0 Å². The van der Waals surface area contributed by atoms with Crippen molar-refractivity contribution in [1.29, 1.82) is 0 Å². The van der Waals surface area contributed by atoms with Crippen molar-refractivity contribution >= 4 is 21.6 Å². The van der Waals surface area contributed by atoms with Gasteiger partial charge in [-0.1, -0.05) is 6.07 Å². The third kappa shape index (κ3) is 2.95. The van der Waals surface area contributed by atoms with Crippen LogP contribution in [0, 0.1) is 5.92 Å². The third-order valence-corrected chi connectivity index (χ3v) is 3.73. The standard InChI is InChI=1S/C12H17BrN2/c13-11-8-10(1-2-12(11)14)7-9-3-5-15-6-4-9/h1-2,8-9,15H,3-7,14H2. The molecule has 0 unspecified atom stereocenters. The van der Waals surface area contributed by atoms with E-state index < -0.39 is 0 Å². The second kappa shape index (κ2) is 4.99. The highest BCUT2D eigenvalue weighted by Gasteiger charge is 2.13. The number of nitrogen functional groups attached to an aromatic ring is 1. The minimum atomic E-state index is 0.823. The largest absolute Gasteiger partial charge is 0.398 e. The van der Waals surface area contributed by atoms with Gasteiger partial charge in [-0.2, -0.15) is 0 Å². The Balaban J connectivity index is 2.00. The van der Waals surface area contributed by atoms with Crippen LogP contribution < -0.4 is 11.1 Å². The average molecular weight is 269 g/mol. The monoisotopic (exact) mass is 268 g/mol. The molecule has 1 aromatic rings. The van der Waals surface area contributed by atoms with Gasteiger partial charge in [-0.25, -0.2) is 0 Å². The van der Waals surface area contributed by atoms with E-state index in [1.165, 1.54) is 37.9 Å². The van der Waals surface area contributed by atoms with Gasteiger partial charge in [0.1, 0.15) is 0 Å². The summed E-state index contributed by atoms with van der Waals surface area (Å²) < 4.78 is 1.02. The molecule has 1 aromatic carbocycles. The third-order valence-electron chi connectivity index (χ3n) is 3.05. The molecule has 0 aromatic heterocycles. The predicted octanol–water partition coefficient (Wildman–Crippen LogP) is 2.57. The van der Waals surface area contributed by atoms with Crippen LogP contribution in [-0.2, 0) is 6.42 Å². The number of piperidine rings is 1. The van der Waals surface area contributed by atoms with Crippen molar-refractivity contribution in [3.8, 4) is 0 Å². The van der Waals surface area contributed by atoms with Gasteiger partial charge in [0.2, 0.25) is 0 Å². The highest BCUT2D eigenvalue weighted by Crippen LogP contribution is 2.24. The first-order chi connectivity index (χ1) is 7.25. The van der Waals surface area contributed by atoms with Crippen molar-refractivity contribution in [3.05, 3.63) is 28.2 Å². The molecule has 82 valence electrons. The maximum absolute atomic E-state index is 5.76. The molecule has 3 N–H and O–H groups in total. The predicted molar refractivity (Wildman–Crippen MR) is 67.9 cm³/mol. The van der Waals surface area contributed by atoms with Crippen molar-refractivity contribution in [3.63, 3.8) is 0 Å². The van der Waals surface area contributed by atoms with Crippen LogP contribution in [0.1, 0.15) is 18.4 Å². The van der Waals surface area contributed by atoms with Crippen LogP contribution >= 0.6 is 15.9 Å². The fraction of sp³-hybridized carbons (Fsp3) is 0.500. The maximum atomic E-state index is 5.76. The molecule has 1 saturated heterocycles. The van der Waals surface area contributed by atoms with Gasteiger partial charge in [-0.3, -0.25) is 0 Å². The molecule has 0 aliphatic carbocycles. The second-order valence-corrected chi connectivity index (χ2v) is 5.11. The maximum Gasteiger partial charge on any atom is 0.0458 e. The number of nitrogens with two attached hydrogens (primary N) is 1. The van der Waals surface area contributed by atoms with Crippen LogP contribution in [0.4, 0.5) is 5.69 Å². The van der Waals surface area contributed by atoms with E-state index in [9.17, 15) is 0 Å². The lowest BCUT2D eigenvalue weighted by atomic mass is 9.91. The Morgan fingerprint density at radius 3 is 2.73 bits per heavy atom. The highest BCUT2D eigenvalue weighted by molar-refractivity contribution is 9.10. The molecular formula is C12H17BrN2. The van der Waals surface area contributed by atoms with Crippen LogP contribution in [0.25, 0.3) is 0 Å². The molecule has 3 heteroatoms. The first kappa shape index (κ1) is 11.0. The molecule has 1 heterocycles. The zero-order valence-electron chi connectivity index (χ0n) is 8.80. The SMILES string of the molecule is Nc1ccc(CC2CCNCC2)cc1Br. The zero-order valence-corrected chi connectivity index (χ0v) is 10.4. The average Bonchev–Trinajstić information content (AvgIpc) is 2.25. The van der Waals surface area contributed by atoms with E-state index in [1.807, 2.05) is 6.07 Å². The minimum Gasteiger partial charge on any atom is -0.398 e. The van der Waals surface area contributed by atoms with Crippen LogP contribution in [0.5, 0.6) is 0 Å². The summed E-state index contributed by atoms with van der Waals surface area (Å²) in [5, 5.41) is 3.39. The lowest BCUT2D eigenvalue weighted by molar-refractivity contribution is 0.372. The summed E-state index contributed by atoms with van der Waals surface area (Å²) in [6, 6.07) is 6.28. The van der Waals surface area contributed by atoms with Gasteiger partial charge >= 0.3 is 0 Å². The number of hydrogen-bond donors (Lipinski definition) is 2. The van der Waals surface area contributed by atoms with E-state index in [0.29, 0.717) is 0 Å². The molecular weight excluding hydrogens is 252 g/mol. The zero-order chi connectivity index (χ0) is 10.7. The Hall–Kier alpha value is -0.540. The molecule has 0 spiro atoms. The van der Waals surface area contributed by atoms with Gasteiger partial charge in [0.15, 0.2) is 0 Å². The summed E-state index contributed by atoms with van der Waals surface area (Å²) in [6.45, 7) is 2.33. The van der Waals surface area contributed by atoms with Crippen molar-refractivity contribution in [2.24, 2.45) is 5.92 Å². The first-order valence-electron chi connectivity index (χ1n) is 5.50. The lowest BCUT2D eigenvalue weighted by Gasteiger charge is -2.22. The van der Waals surface area contributed by atoms with Crippen LogP contribution in [0.2, 0.25) is 0 Å². The van der Waals surface area contributed by atoms with Crippen molar-refractivity contribution in [2.75, 3.05) is 18.8 Å². The molecule has 0 bridgehead atoms. The molecule has 1 aliphatic rings. The molecule has 15 heavy (non-hydrogen) atoms. The summed E-state index contributed by atoms with van der Waals surface area (Å²) >= 11 is 3.47. The summed E-state index contributed by atoms with van der Waals surface area (Å²) in [4.78, 5) is 0. The van der Waals surface area contributed by atoms with Gasteiger partial charge in [0.05, 0.1) is 0 Å². The summed E-state index contributed by atoms with van der Waals surface area (Å²) in [5.41, 5.74) is 7.98. The number of hydrogen-bond acceptors (Lipinski definition) is 2. The van der Waals surface area contributed by atoms with Gasteiger partial charge in [-0.15, -0.1) is 0 Å². The second-order valence-electron chi connectivity index (χ2n) is 4.25. The molecule has 1 fully saturated rings. The fourth-order valence-electron chi connectivity index (χ4n) is 2.12. The number of rotatable bonds is 2. The Bertz CT molecular complexity index is 332. The number of halogens is 1. The summed E-state index contributed by atoms with van der Waals surface area (Å²) in [5.74, 6) is 0.835. The van der Waals surface area contributed by atoms with E-state index in [0.717, 1.165) is 16.1 Å².